The fraction of sp³-hybridized carbons (Fsp3) is 0.600. The zero-order valence-corrected chi connectivity index (χ0v) is 12.5. The molecule has 1 saturated carbocycles. The molecule has 5 heteroatoms. The summed E-state index contributed by atoms with van der Waals surface area (Å²) in [5.41, 5.74) is 0. The molecular formula is C15H20N2O2S. The van der Waals surface area contributed by atoms with Crippen LogP contribution in [-0.4, -0.2) is 29.8 Å². The molecule has 1 aliphatic heterocycles. The highest BCUT2D eigenvalue weighted by molar-refractivity contribution is 7.09. The molecule has 1 saturated heterocycles. The molecule has 1 aliphatic carbocycles. The molecule has 2 fully saturated rings. The molecule has 20 heavy (non-hydrogen) atoms. The number of thiophene rings is 1. The van der Waals surface area contributed by atoms with Gasteiger partial charge in [0.05, 0.1) is 6.54 Å². The fourth-order valence-corrected chi connectivity index (χ4v) is 4.26. The molecule has 3 rings (SSSR count). The van der Waals surface area contributed by atoms with Gasteiger partial charge in [-0.05, 0) is 36.1 Å². The first-order valence-corrected chi connectivity index (χ1v) is 8.08. The molecule has 2 amide bonds. The second kappa shape index (κ2) is 5.56. The van der Waals surface area contributed by atoms with Crippen molar-refractivity contribution in [3.8, 4) is 0 Å². The number of piperidine rings is 1. The number of fused-ring (bicyclic) bond motifs is 2. The Morgan fingerprint density at radius 2 is 2.05 bits per heavy atom. The monoisotopic (exact) mass is 292 g/mol. The normalized spacial score (nSPS) is 28.4. The van der Waals surface area contributed by atoms with Gasteiger partial charge in [-0.3, -0.25) is 9.59 Å². The lowest BCUT2D eigenvalue weighted by Gasteiger charge is -2.36. The SMILES string of the molecule is CC(=O)N1C[C@H]2CC[C@@H](C1)C2C(=O)NCc1cccs1. The predicted molar refractivity (Wildman–Crippen MR) is 78.1 cm³/mol. The van der Waals surface area contributed by atoms with Gasteiger partial charge in [-0.15, -0.1) is 11.3 Å². The lowest BCUT2D eigenvalue weighted by molar-refractivity contribution is -0.137. The van der Waals surface area contributed by atoms with E-state index in [1.54, 1.807) is 18.3 Å². The number of nitrogens with one attached hydrogen (secondary N) is 1. The molecule has 0 spiro atoms. The first-order valence-electron chi connectivity index (χ1n) is 7.20. The third-order valence-electron chi connectivity index (χ3n) is 4.60. The van der Waals surface area contributed by atoms with Gasteiger partial charge >= 0.3 is 0 Å². The van der Waals surface area contributed by atoms with Crippen molar-refractivity contribution in [2.24, 2.45) is 17.8 Å². The predicted octanol–water partition coefficient (Wildman–Crippen LogP) is 1.87. The van der Waals surface area contributed by atoms with E-state index in [0.717, 1.165) is 25.9 Å². The van der Waals surface area contributed by atoms with Gasteiger partial charge in [0.2, 0.25) is 11.8 Å². The van der Waals surface area contributed by atoms with Gasteiger partial charge in [-0.2, -0.15) is 0 Å². The summed E-state index contributed by atoms with van der Waals surface area (Å²) < 4.78 is 0. The number of rotatable bonds is 3. The van der Waals surface area contributed by atoms with Crippen LogP contribution in [0.25, 0.3) is 0 Å². The highest BCUT2D eigenvalue weighted by atomic mass is 32.1. The summed E-state index contributed by atoms with van der Waals surface area (Å²) >= 11 is 1.67. The zero-order valence-electron chi connectivity index (χ0n) is 11.7. The van der Waals surface area contributed by atoms with Gasteiger partial charge in [0.15, 0.2) is 0 Å². The number of amides is 2. The van der Waals surface area contributed by atoms with E-state index in [4.69, 9.17) is 0 Å². The van der Waals surface area contributed by atoms with Gasteiger partial charge in [-0.25, -0.2) is 0 Å². The van der Waals surface area contributed by atoms with Crippen LogP contribution in [0.4, 0.5) is 0 Å². The summed E-state index contributed by atoms with van der Waals surface area (Å²) in [4.78, 5) is 27.0. The van der Waals surface area contributed by atoms with E-state index in [1.807, 2.05) is 22.4 Å². The summed E-state index contributed by atoms with van der Waals surface area (Å²) in [6.45, 7) is 3.76. The average molecular weight is 292 g/mol. The Morgan fingerprint density at radius 1 is 1.35 bits per heavy atom. The number of nitrogens with zero attached hydrogens (tertiary/aromatic N) is 1. The van der Waals surface area contributed by atoms with Crippen LogP contribution < -0.4 is 5.32 Å². The molecule has 1 unspecified atom stereocenters. The van der Waals surface area contributed by atoms with Crippen molar-refractivity contribution >= 4 is 23.2 Å². The first-order chi connectivity index (χ1) is 9.65. The van der Waals surface area contributed by atoms with Crippen molar-refractivity contribution < 1.29 is 9.59 Å². The summed E-state index contributed by atoms with van der Waals surface area (Å²) in [5, 5.41) is 5.09. The average Bonchev–Trinajstić information content (AvgIpc) is 3.02. The maximum Gasteiger partial charge on any atom is 0.224 e. The second-order valence-electron chi connectivity index (χ2n) is 5.84. The molecule has 2 aliphatic rings. The van der Waals surface area contributed by atoms with Gasteiger partial charge in [0.25, 0.3) is 0 Å². The van der Waals surface area contributed by atoms with Gasteiger partial charge in [-0.1, -0.05) is 6.07 Å². The smallest absolute Gasteiger partial charge is 0.224 e. The minimum absolute atomic E-state index is 0.102. The van der Waals surface area contributed by atoms with E-state index in [2.05, 4.69) is 5.32 Å². The minimum atomic E-state index is 0.102. The number of likely N-dealkylation sites (tertiary alicyclic amines) is 1. The molecule has 3 atom stereocenters. The summed E-state index contributed by atoms with van der Waals surface area (Å²) in [7, 11) is 0. The number of carbonyl (C=O) groups excluding carboxylic acids is 2. The Hall–Kier alpha value is -1.36. The third kappa shape index (κ3) is 2.59. The van der Waals surface area contributed by atoms with Crippen LogP contribution >= 0.6 is 11.3 Å². The van der Waals surface area contributed by atoms with Crippen molar-refractivity contribution in [2.45, 2.75) is 26.3 Å². The molecule has 2 heterocycles. The quantitative estimate of drug-likeness (QED) is 0.924. The van der Waals surface area contributed by atoms with E-state index in [0.29, 0.717) is 18.4 Å². The Balaban J connectivity index is 1.60. The van der Waals surface area contributed by atoms with Crippen molar-refractivity contribution in [3.63, 3.8) is 0 Å². The van der Waals surface area contributed by atoms with Crippen LogP contribution in [-0.2, 0) is 16.1 Å². The van der Waals surface area contributed by atoms with Crippen molar-refractivity contribution in [1.29, 1.82) is 0 Å². The third-order valence-corrected chi connectivity index (χ3v) is 5.48. The van der Waals surface area contributed by atoms with Crippen molar-refractivity contribution in [2.75, 3.05) is 13.1 Å². The first kappa shape index (κ1) is 13.6. The van der Waals surface area contributed by atoms with E-state index >= 15 is 0 Å². The molecule has 1 aromatic rings. The maximum atomic E-state index is 12.4. The Kier molecular flexibility index (Phi) is 3.78. The number of hydrogen-bond donors (Lipinski definition) is 1. The lowest BCUT2D eigenvalue weighted by Crippen LogP contribution is -2.49. The molecule has 0 radical (unpaired) electrons. The van der Waals surface area contributed by atoms with E-state index in [-0.39, 0.29) is 17.7 Å². The van der Waals surface area contributed by atoms with E-state index in [9.17, 15) is 9.59 Å². The molecule has 1 N–H and O–H groups in total. The zero-order chi connectivity index (χ0) is 14.1. The highest BCUT2D eigenvalue weighted by Gasteiger charge is 2.46. The molecular weight excluding hydrogens is 272 g/mol. The van der Waals surface area contributed by atoms with Crippen LogP contribution in [0.5, 0.6) is 0 Å². The van der Waals surface area contributed by atoms with Crippen molar-refractivity contribution in [1.82, 2.24) is 10.2 Å². The van der Waals surface area contributed by atoms with Gasteiger partial charge in [0, 0.05) is 30.8 Å². The lowest BCUT2D eigenvalue weighted by atomic mass is 9.84. The molecule has 1 aromatic heterocycles. The molecule has 4 nitrogen and oxygen atoms in total. The summed E-state index contributed by atoms with van der Waals surface area (Å²) in [6, 6.07) is 4.04. The Labute approximate surface area is 123 Å². The largest absolute Gasteiger partial charge is 0.351 e. The van der Waals surface area contributed by atoms with Gasteiger partial charge in [0.1, 0.15) is 0 Å². The summed E-state index contributed by atoms with van der Waals surface area (Å²) in [5.74, 6) is 1.11. The van der Waals surface area contributed by atoms with Crippen LogP contribution in [0.3, 0.4) is 0 Å². The standard InChI is InChI=1S/C15H20N2O2S/c1-10(18)17-8-11-4-5-12(9-17)14(11)15(19)16-7-13-3-2-6-20-13/h2-3,6,11-12,14H,4-5,7-9H2,1H3,(H,16,19)/t11-,12+,14?. The number of hydrogen-bond acceptors (Lipinski definition) is 3. The Bertz CT molecular complexity index is 486. The van der Waals surface area contributed by atoms with E-state index in [1.165, 1.54) is 4.88 Å². The minimum Gasteiger partial charge on any atom is -0.351 e. The highest BCUT2D eigenvalue weighted by Crippen LogP contribution is 2.42. The number of carbonyl (C=O) groups is 2. The van der Waals surface area contributed by atoms with Crippen LogP contribution in [0.2, 0.25) is 0 Å². The van der Waals surface area contributed by atoms with Crippen LogP contribution in [0.15, 0.2) is 17.5 Å². The molecule has 2 bridgehead atoms. The molecule has 108 valence electrons. The van der Waals surface area contributed by atoms with E-state index < -0.39 is 0 Å². The van der Waals surface area contributed by atoms with Crippen molar-refractivity contribution in [3.05, 3.63) is 22.4 Å². The van der Waals surface area contributed by atoms with Crippen LogP contribution in [0.1, 0.15) is 24.6 Å². The van der Waals surface area contributed by atoms with Crippen LogP contribution in [0, 0.1) is 17.8 Å². The Morgan fingerprint density at radius 3 is 2.60 bits per heavy atom. The van der Waals surface area contributed by atoms with Gasteiger partial charge < -0.3 is 10.2 Å². The fourth-order valence-electron chi connectivity index (χ4n) is 3.61. The maximum absolute atomic E-state index is 12.4. The second-order valence-corrected chi connectivity index (χ2v) is 6.88. The summed E-state index contributed by atoms with van der Waals surface area (Å²) in [6.07, 6.45) is 2.15. The topological polar surface area (TPSA) is 49.4 Å². The molecule has 0 aromatic carbocycles.